The van der Waals surface area contributed by atoms with E-state index in [1.807, 2.05) is 0 Å². The Morgan fingerprint density at radius 1 is 1.27 bits per heavy atom. The van der Waals surface area contributed by atoms with Crippen molar-refractivity contribution in [3.8, 4) is 5.75 Å². The minimum Gasteiger partial charge on any atom is -0.496 e. The number of hydrogen-bond donors (Lipinski definition) is 0. The number of ether oxygens (including phenoxy) is 1. The van der Waals surface area contributed by atoms with E-state index in [2.05, 4.69) is 38.1 Å². The van der Waals surface area contributed by atoms with Crippen molar-refractivity contribution in [1.29, 1.82) is 0 Å². The van der Waals surface area contributed by atoms with Crippen molar-refractivity contribution in [2.75, 3.05) is 7.11 Å². The van der Waals surface area contributed by atoms with Gasteiger partial charge in [0, 0.05) is 0 Å². The van der Waals surface area contributed by atoms with E-state index >= 15 is 0 Å². The molecule has 0 spiro atoms. The fourth-order valence-electron chi connectivity index (χ4n) is 2.11. The van der Waals surface area contributed by atoms with Gasteiger partial charge in [0.2, 0.25) is 0 Å². The van der Waals surface area contributed by atoms with Crippen LogP contribution in [0.1, 0.15) is 42.9 Å². The standard InChI is InChI=1S/C14H18O/c1-10(2)13-8-11-6-4-5-7-12(11)9-14(13)15-3/h5,7-10H,4,6H2,1-3H3. The molecule has 15 heavy (non-hydrogen) atoms. The van der Waals surface area contributed by atoms with Crippen molar-refractivity contribution < 1.29 is 4.74 Å². The van der Waals surface area contributed by atoms with Crippen LogP contribution in [0.3, 0.4) is 0 Å². The maximum absolute atomic E-state index is 5.44. The predicted molar refractivity (Wildman–Crippen MR) is 64.4 cm³/mol. The van der Waals surface area contributed by atoms with Crippen LogP contribution < -0.4 is 4.74 Å². The maximum atomic E-state index is 5.44. The molecule has 1 aliphatic carbocycles. The van der Waals surface area contributed by atoms with E-state index in [0.717, 1.165) is 18.6 Å². The molecule has 0 fully saturated rings. The minimum absolute atomic E-state index is 0.524. The van der Waals surface area contributed by atoms with E-state index in [-0.39, 0.29) is 0 Å². The Bertz CT molecular complexity index is 389. The van der Waals surface area contributed by atoms with Crippen molar-refractivity contribution >= 4 is 6.08 Å². The summed E-state index contributed by atoms with van der Waals surface area (Å²) in [6.45, 7) is 4.42. The summed E-state index contributed by atoms with van der Waals surface area (Å²) in [5.41, 5.74) is 4.11. The van der Waals surface area contributed by atoms with Gasteiger partial charge in [-0.3, -0.25) is 0 Å². The predicted octanol–water partition coefficient (Wildman–Crippen LogP) is 3.78. The average Bonchev–Trinajstić information content (AvgIpc) is 2.27. The van der Waals surface area contributed by atoms with Crippen LogP contribution in [0.25, 0.3) is 6.08 Å². The van der Waals surface area contributed by atoms with Gasteiger partial charge in [-0.25, -0.2) is 0 Å². The highest BCUT2D eigenvalue weighted by molar-refractivity contribution is 5.60. The summed E-state index contributed by atoms with van der Waals surface area (Å²) < 4.78 is 5.44. The van der Waals surface area contributed by atoms with Gasteiger partial charge in [0.15, 0.2) is 0 Å². The maximum Gasteiger partial charge on any atom is 0.122 e. The smallest absolute Gasteiger partial charge is 0.122 e. The van der Waals surface area contributed by atoms with E-state index < -0.39 is 0 Å². The topological polar surface area (TPSA) is 9.23 Å². The second-order valence-corrected chi connectivity index (χ2v) is 4.39. The van der Waals surface area contributed by atoms with Gasteiger partial charge in [-0.2, -0.15) is 0 Å². The highest BCUT2D eigenvalue weighted by atomic mass is 16.5. The fraction of sp³-hybridized carbons (Fsp3) is 0.429. The van der Waals surface area contributed by atoms with E-state index in [1.165, 1.54) is 16.7 Å². The van der Waals surface area contributed by atoms with Crippen LogP contribution in [0.2, 0.25) is 0 Å². The van der Waals surface area contributed by atoms with Crippen molar-refractivity contribution in [2.45, 2.75) is 32.6 Å². The molecule has 0 N–H and O–H groups in total. The number of rotatable bonds is 2. The van der Waals surface area contributed by atoms with Gasteiger partial charge in [0.25, 0.3) is 0 Å². The number of aryl methyl sites for hydroxylation is 1. The first-order valence-corrected chi connectivity index (χ1v) is 5.59. The molecule has 1 aromatic rings. The summed E-state index contributed by atoms with van der Waals surface area (Å²) in [5, 5.41) is 0. The highest BCUT2D eigenvalue weighted by Gasteiger charge is 2.12. The minimum atomic E-state index is 0.524. The molecular formula is C14H18O. The van der Waals surface area contributed by atoms with Crippen LogP contribution in [0.5, 0.6) is 5.75 Å². The summed E-state index contributed by atoms with van der Waals surface area (Å²) in [6, 6.07) is 4.47. The van der Waals surface area contributed by atoms with Crippen LogP contribution in [0, 0.1) is 0 Å². The van der Waals surface area contributed by atoms with Crippen molar-refractivity contribution in [1.82, 2.24) is 0 Å². The van der Waals surface area contributed by atoms with Crippen LogP contribution in [0.15, 0.2) is 18.2 Å². The molecule has 2 rings (SSSR count). The van der Waals surface area contributed by atoms with Gasteiger partial charge in [0.1, 0.15) is 5.75 Å². The molecule has 1 aliphatic rings. The summed E-state index contributed by atoms with van der Waals surface area (Å²) in [6.07, 6.45) is 6.76. The normalized spacial score (nSPS) is 14.1. The summed E-state index contributed by atoms with van der Waals surface area (Å²) >= 11 is 0. The molecule has 0 heterocycles. The molecule has 0 radical (unpaired) electrons. The van der Waals surface area contributed by atoms with E-state index in [9.17, 15) is 0 Å². The second-order valence-electron chi connectivity index (χ2n) is 4.39. The van der Waals surface area contributed by atoms with E-state index in [0.29, 0.717) is 5.92 Å². The molecule has 1 aromatic carbocycles. The molecule has 0 bridgehead atoms. The SMILES string of the molecule is COc1cc2c(cc1C(C)C)CCC=C2. The van der Waals surface area contributed by atoms with Gasteiger partial charge in [-0.05, 0) is 41.5 Å². The van der Waals surface area contributed by atoms with Crippen LogP contribution >= 0.6 is 0 Å². The molecule has 0 amide bonds. The van der Waals surface area contributed by atoms with E-state index in [1.54, 1.807) is 7.11 Å². The summed E-state index contributed by atoms with van der Waals surface area (Å²) in [4.78, 5) is 0. The Balaban J connectivity index is 2.52. The number of methoxy groups -OCH3 is 1. The quantitative estimate of drug-likeness (QED) is 0.709. The second kappa shape index (κ2) is 4.09. The number of fused-ring (bicyclic) bond motifs is 1. The van der Waals surface area contributed by atoms with Crippen molar-refractivity contribution in [3.63, 3.8) is 0 Å². The van der Waals surface area contributed by atoms with Gasteiger partial charge >= 0.3 is 0 Å². The first-order chi connectivity index (χ1) is 7.22. The Morgan fingerprint density at radius 2 is 2.07 bits per heavy atom. The molecule has 0 saturated heterocycles. The third kappa shape index (κ3) is 1.92. The zero-order valence-corrected chi connectivity index (χ0v) is 9.71. The lowest BCUT2D eigenvalue weighted by Gasteiger charge is -2.17. The first kappa shape index (κ1) is 10.3. The molecule has 0 aromatic heterocycles. The molecule has 80 valence electrons. The van der Waals surface area contributed by atoms with Gasteiger partial charge in [0.05, 0.1) is 7.11 Å². The van der Waals surface area contributed by atoms with Crippen molar-refractivity contribution in [2.24, 2.45) is 0 Å². The summed E-state index contributed by atoms with van der Waals surface area (Å²) in [7, 11) is 1.75. The van der Waals surface area contributed by atoms with Gasteiger partial charge in [-0.15, -0.1) is 0 Å². The Hall–Kier alpha value is -1.24. The molecular weight excluding hydrogens is 184 g/mol. The zero-order valence-electron chi connectivity index (χ0n) is 9.71. The first-order valence-electron chi connectivity index (χ1n) is 5.59. The Morgan fingerprint density at radius 3 is 2.73 bits per heavy atom. The zero-order chi connectivity index (χ0) is 10.8. The number of hydrogen-bond acceptors (Lipinski definition) is 1. The van der Waals surface area contributed by atoms with E-state index in [4.69, 9.17) is 4.74 Å². The van der Waals surface area contributed by atoms with Gasteiger partial charge in [-0.1, -0.05) is 32.1 Å². The average molecular weight is 202 g/mol. The monoisotopic (exact) mass is 202 g/mol. The molecule has 0 unspecified atom stereocenters. The largest absolute Gasteiger partial charge is 0.496 e. The number of benzene rings is 1. The third-order valence-corrected chi connectivity index (χ3v) is 2.99. The lowest BCUT2D eigenvalue weighted by atomic mass is 9.91. The molecule has 0 atom stereocenters. The molecule has 0 saturated carbocycles. The lowest BCUT2D eigenvalue weighted by molar-refractivity contribution is 0.407. The Labute approximate surface area is 91.8 Å². The highest BCUT2D eigenvalue weighted by Crippen LogP contribution is 2.32. The molecule has 0 aliphatic heterocycles. The molecule has 1 heteroatoms. The summed E-state index contributed by atoms with van der Waals surface area (Å²) in [5.74, 6) is 1.55. The lowest BCUT2D eigenvalue weighted by Crippen LogP contribution is -2.00. The molecule has 1 nitrogen and oxygen atoms in total. The van der Waals surface area contributed by atoms with Crippen LogP contribution in [-0.2, 0) is 6.42 Å². The third-order valence-electron chi connectivity index (χ3n) is 2.99. The fourth-order valence-corrected chi connectivity index (χ4v) is 2.11. The van der Waals surface area contributed by atoms with Crippen molar-refractivity contribution in [3.05, 3.63) is 34.9 Å². The van der Waals surface area contributed by atoms with Crippen LogP contribution in [-0.4, -0.2) is 7.11 Å². The van der Waals surface area contributed by atoms with Gasteiger partial charge < -0.3 is 4.74 Å². The van der Waals surface area contributed by atoms with Crippen LogP contribution in [0.4, 0.5) is 0 Å². The number of allylic oxidation sites excluding steroid dienone is 1. The Kier molecular flexibility index (Phi) is 2.81.